The van der Waals surface area contributed by atoms with Gasteiger partial charge in [-0.15, -0.1) is 10.2 Å². The molecule has 2 aromatic carbocycles. The van der Waals surface area contributed by atoms with E-state index in [0.29, 0.717) is 31.2 Å². The van der Waals surface area contributed by atoms with Gasteiger partial charge in [-0.2, -0.15) is 0 Å². The van der Waals surface area contributed by atoms with E-state index in [2.05, 4.69) is 10.2 Å². The number of amides is 1. The highest BCUT2D eigenvalue weighted by Crippen LogP contribution is 2.29. The number of carbonyl (C=O) groups excluding carboxylic acids is 1. The van der Waals surface area contributed by atoms with Gasteiger partial charge in [0, 0.05) is 31.0 Å². The lowest BCUT2D eigenvalue weighted by atomic mass is 10.1. The summed E-state index contributed by atoms with van der Waals surface area (Å²) in [6, 6.07) is 14.4. The quantitative estimate of drug-likeness (QED) is 0.614. The number of nitrogens with zero attached hydrogens (tertiary/aromatic N) is 3. The Kier molecular flexibility index (Phi) is 5.19. The second-order valence-electron chi connectivity index (χ2n) is 7.25. The summed E-state index contributed by atoms with van der Waals surface area (Å²) in [5, 5.41) is 8.16. The topological polar surface area (TPSA) is 59.2 Å². The van der Waals surface area contributed by atoms with Crippen molar-refractivity contribution in [3.8, 4) is 11.5 Å². The van der Waals surface area contributed by atoms with Gasteiger partial charge in [-0.25, -0.2) is 4.39 Å². The van der Waals surface area contributed by atoms with Crippen LogP contribution >= 0.6 is 0 Å². The van der Waals surface area contributed by atoms with Gasteiger partial charge in [-0.3, -0.25) is 4.79 Å². The van der Waals surface area contributed by atoms with E-state index in [1.807, 2.05) is 36.1 Å². The van der Waals surface area contributed by atoms with Gasteiger partial charge in [-0.1, -0.05) is 29.8 Å². The van der Waals surface area contributed by atoms with E-state index in [-0.39, 0.29) is 17.8 Å². The van der Waals surface area contributed by atoms with Crippen LogP contribution < -0.4 is 0 Å². The molecule has 5 nitrogen and oxygen atoms in total. The Labute approximate surface area is 163 Å². The highest BCUT2D eigenvalue weighted by Gasteiger charge is 2.32. The first-order valence-electron chi connectivity index (χ1n) is 9.52. The van der Waals surface area contributed by atoms with Gasteiger partial charge < -0.3 is 9.32 Å². The minimum absolute atomic E-state index is 0.0573. The van der Waals surface area contributed by atoms with Crippen molar-refractivity contribution in [1.82, 2.24) is 15.1 Å². The van der Waals surface area contributed by atoms with Crippen LogP contribution in [0.4, 0.5) is 4.39 Å². The second-order valence-corrected chi connectivity index (χ2v) is 7.25. The number of aryl methyl sites for hydroxylation is 2. The third-order valence-electron chi connectivity index (χ3n) is 4.89. The van der Waals surface area contributed by atoms with Crippen molar-refractivity contribution in [1.29, 1.82) is 0 Å². The number of hydrogen-bond acceptors (Lipinski definition) is 4. The van der Waals surface area contributed by atoms with Gasteiger partial charge in [0.2, 0.25) is 17.7 Å². The molecule has 6 heteroatoms. The maximum Gasteiger partial charge on any atom is 0.247 e. The lowest BCUT2D eigenvalue weighted by molar-refractivity contribution is -0.132. The van der Waals surface area contributed by atoms with Crippen LogP contribution in [0.15, 0.2) is 52.9 Å². The molecule has 0 unspecified atom stereocenters. The van der Waals surface area contributed by atoms with E-state index in [1.54, 1.807) is 12.1 Å². The van der Waals surface area contributed by atoms with Crippen molar-refractivity contribution >= 4 is 5.91 Å². The van der Waals surface area contributed by atoms with Crippen LogP contribution in [0.5, 0.6) is 0 Å². The number of carbonyl (C=O) groups is 1. The van der Waals surface area contributed by atoms with E-state index in [4.69, 9.17) is 4.42 Å². The molecule has 0 spiro atoms. The summed E-state index contributed by atoms with van der Waals surface area (Å²) in [5.74, 6) is 0.713. The van der Waals surface area contributed by atoms with Crippen molar-refractivity contribution in [2.45, 2.75) is 45.2 Å². The second kappa shape index (κ2) is 7.92. The first kappa shape index (κ1) is 18.3. The molecular weight excluding hydrogens is 357 g/mol. The molecule has 0 saturated heterocycles. The van der Waals surface area contributed by atoms with E-state index in [0.717, 1.165) is 29.5 Å². The molecule has 28 heavy (non-hydrogen) atoms. The fourth-order valence-electron chi connectivity index (χ4n) is 3.12. The normalized spacial score (nSPS) is 13.5. The van der Waals surface area contributed by atoms with Crippen LogP contribution in [0.1, 0.15) is 36.3 Å². The van der Waals surface area contributed by atoms with Crippen LogP contribution in [0.3, 0.4) is 0 Å². The summed E-state index contributed by atoms with van der Waals surface area (Å²) in [7, 11) is 0. The molecule has 144 valence electrons. The highest BCUT2D eigenvalue weighted by molar-refractivity contribution is 5.77. The number of halogens is 1. The molecule has 1 heterocycles. The standard InChI is InChI=1S/C22H22FN3O2/c1-15-2-6-17(7-3-15)22-25-24-20(28-22)12-13-21(27)26(19-10-11-19)14-16-4-8-18(23)9-5-16/h2-9,19H,10-14H2,1H3. The fourth-order valence-corrected chi connectivity index (χ4v) is 3.12. The lowest BCUT2D eigenvalue weighted by Gasteiger charge is -2.22. The van der Waals surface area contributed by atoms with Crippen LogP contribution in [-0.2, 0) is 17.8 Å². The van der Waals surface area contributed by atoms with Gasteiger partial charge in [0.05, 0.1) is 0 Å². The number of rotatable bonds is 7. The average molecular weight is 379 g/mol. The Morgan fingerprint density at radius 3 is 2.50 bits per heavy atom. The van der Waals surface area contributed by atoms with Gasteiger partial charge in [0.1, 0.15) is 5.82 Å². The first-order chi connectivity index (χ1) is 13.6. The molecule has 0 N–H and O–H groups in total. The molecule has 4 rings (SSSR count). The molecule has 1 aromatic heterocycles. The van der Waals surface area contributed by atoms with E-state index < -0.39 is 0 Å². The maximum atomic E-state index is 13.1. The van der Waals surface area contributed by atoms with Gasteiger partial charge >= 0.3 is 0 Å². The summed E-state index contributed by atoms with van der Waals surface area (Å²) >= 11 is 0. The zero-order valence-corrected chi connectivity index (χ0v) is 15.8. The van der Waals surface area contributed by atoms with Crippen molar-refractivity contribution in [2.24, 2.45) is 0 Å². The van der Waals surface area contributed by atoms with Crippen LogP contribution in [0.2, 0.25) is 0 Å². The Morgan fingerprint density at radius 1 is 1.11 bits per heavy atom. The predicted octanol–water partition coefficient (Wildman–Crippen LogP) is 4.31. The number of hydrogen-bond donors (Lipinski definition) is 0. The minimum atomic E-state index is -0.270. The molecular formula is C22H22FN3O2. The summed E-state index contributed by atoms with van der Waals surface area (Å²) in [5.41, 5.74) is 2.96. The third-order valence-corrected chi connectivity index (χ3v) is 4.89. The zero-order chi connectivity index (χ0) is 19.5. The molecule has 0 atom stereocenters. The van der Waals surface area contributed by atoms with Crippen molar-refractivity contribution in [2.75, 3.05) is 0 Å². The fraction of sp³-hybridized carbons (Fsp3) is 0.318. The van der Waals surface area contributed by atoms with Gasteiger partial charge in [-0.05, 0) is 49.6 Å². The van der Waals surface area contributed by atoms with Gasteiger partial charge in [0.25, 0.3) is 0 Å². The summed E-state index contributed by atoms with van der Waals surface area (Å²) < 4.78 is 18.8. The zero-order valence-electron chi connectivity index (χ0n) is 15.8. The Hall–Kier alpha value is -3.02. The number of aromatic nitrogens is 2. The monoisotopic (exact) mass is 379 g/mol. The minimum Gasteiger partial charge on any atom is -0.421 e. The van der Waals surface area contributed by atoms with E-state index in [1.165, 1.54) is 12.1 Å². The predicted molar refractivity (Wildman–Crippen MR) is 103 cm³/mol. The smallest absolute Gasteiger partial charge is 0.247 e. The molecule has 1 amide bonds. The molecule has 3 aromatic rings. The average Bonchev–Trinajstić information content (AvgIpc) is 3.43. The number of benzene rings is 2. The van der Waals surface area contributed by atoms with Crippen molar-refractivity contribution < 1.29 is 13.6 Å². The molecule has 1 aliphatic carbocycles. The van der Waals surface area contributed by atoms with E-state index >= 15 is 0 Å². The third kappa shape index (κ3) is 4.44. The molecule has 0 radical (unpaired) electrons. The molecule has 0 aliphatic heterocycles. The first-order valence-corrected chi connectivity index (χ1v) is 9.52. The van der Waals surface area contributed by atoms with Crippen LogP contribution in [0.25, 0.3) is 11.5 Å². The van der Waals surface area contributed by atoms with Crippen molar-refractivity contribution in [3.63, 3.8) is 0 Å². The lowest BCUT2D eigenvalue weighted by Crippen LogP contribution is -2.32. The largest absolute Gasteiger partial charge is 0.421 e. The Bertz CT molecular complexity index is 947. The van der Waals surface area contributed by atoms with Crippen LogP contribution in [0, 0.1) is 12.7 Å². The van der Waals surface area contributed by atoms with E-state index in [9.17, 15) is 9.18 Å². The van der Waals surface area contributed by atoms with Crippen LogP contribution in [-0.4, -0.2) is 27.0 Å². The Balaban J connectivity index is 1.37. The maximum absolute atomic E-state index is 13.1. The Morgan fingerprint density at radius 2 is 1.82 bits per heavy atom. The highest BCUT2D eigenvalue weighted by atomic mass is 19.1. The molecule has 1 aliphatic rings. The SMILES string of the molecule is Cc1ccc(-c2nnc(CCC(=O)N(Cc3ccc(F)cc3)C3CC3)o2)cc1. The van der Waals surface area contributed by atoms with Crippen molar-refractivity contribution in [3.05, 3.63) is 71.4 Å². The summed E-state index contributed by atoms with van der Waals surface area (Å²) in [4.78, 5) is 14.6. The molecule has 1 fully saturated rings. The van der Waals surface area contributed by atoms with Gasteiger partial charge in [0.15, 0.2) is 0 Å². The molecule has 1 saturated carbocycles. The molecule has 0 bridgehead atoms. The summed E-state index contributed by atoms with van der Waals surface area (Å²) in [6.07, 6.45) is 2.76. The summed E-state index contributed by atoms with van der Waals surface area (Å²) in [6.45, 7) is 2.52.